The first-order valence-corrected chi connectivity index (χ1v) is 9.55. The molecule has 0 unspecified atom stereocenters. The van der Waals surface area contributed by atoms with Gasteiger partial charge in [-0.3, -0.25) is 4.79 Å². The molecule has 0 aliphatic heterocycles. The fourth-order valence-corrected chi connectivity index (χ4v) is 4.16. The topological polar surface area (TPSA) is 85.6 Å². The van der Waals surface area contributed by atoms with Crippen molar-refractivity contribution in [1.29, 1.82) is 0 Å². The van der Waals surface area contributed by atoms with Gasteiger partial charge in [-0.05, 0) is 24.4 Å². The van der Waals surface area contributed by atoms with E-state index in [0.717, 1.165) is 21.8 Å². The number of rotatable bonds is 5. The number of thiazole rings is 1. The molecule has 0 bridgehead atoms. The molecule has 4 rings (SSSR count). The third-order valence-corrected chi connectivity index (χ3v) is 5.60. The zero-order chi connectivity index (χ0) is 17.9. The smallest absolute Gasteiger partial charge is 0.263 e. The van der Waals surface area contributed by atoms with E-state index in [0.29, 0.717) is 17.2 Å². The SMILES string of the molecule is Cc1nc(-c2ccsc2)sc1C(=O)NCc1cccnc1-n1cncn1. The van der Waals surface area contributed by atoms with Crippen LogP contribution in [0.2, 0.25) is 0 Å². The minimum Gasteiger partial charge on any atom is -0.347 e. The molecule has 7 nitrogen and oxygen atoms in total. The third-order valence-electron chi connectivity index (χ3n) is 3.71. The van der Waals surface area contributed by atoms with E-state index < -0.39 is 0 Å². The maximum atomic E-state index is 12.6. The fraction of sp³-hybridized carbons (Fsp3) is 0.118. The second kappa shape index (κ2) is 7.14. The molecule has 0 saturated carbocycles. The summed E-state index contributed by atoms with van der Waals surface area (Å²) in [6.45, 7) is 2.19. The van der Waals surface area contributed by atoms with Crippen LogP contribution in [0.4, 0.5) is 0 Å². The van der Waals surface area contributed by atoms with Crippen molar-refractivity contribution >= 4 is 28.6 Å². The molecule has 0 aromatic carbocycles. The van der Waals surface area contributed by atoms with E-state index in [4.69, 9.17) is 0 Å². The van der Waals surface area contributed by atoms with E-state index in [2.05, 4.69) is 25.4 Å². The fourth-order valence-electron chi connectivity index (χ4n) is 2.46. The van der Waals surface area contributed by atoms with Gasteiger partial charge in [-0.25, -0.2) is 19.6 Å². The summed E-state index contributed by atoms with van der Waals surface area (Å²) in [5.74, 6) is 0.500. The van der Waals surface area contributed by atoms with Gasteiger partial charge in [-0.1, -0.05) is 6.07 Å². The predicted octanol–water partition coefficient (Wildman–Crippen LogP) is 3.09. The molecule has 1 amide bonds. The predicted molar refractivity (Wildman–Crippen MR) is 100 cm³/mol. The Bertz CT molecular complexity index is 1020. The van der Waals surface area contributed by atoms with E-state index in [9.17, 15) is 4.79 Å². The van der Waals surface area contributed by atoms with Crippen molar-refractivity contribution in [2.45, 2.75) is 13.5 Å². The number of aryl methyl sites for hydroxylation is 1. The Hall–Kier alpha value is -2.91. The van der Waals surface area contributed by atoms with Gasteiger partial charge in [-0.2, -0.15) is 16.4 Å². The zero-order valence-corrected chi connectivity index (χ0v) is 15.4. The van der Waals surface area contributed by atoms with Gasteiger partial charge in [0.1, 0.15) is 22.5 Å². The molecule has 0 spiro atoms. The molecule has 0 atom stereocenters. The van der Waals surface area contributed by atoms with Crippen LogP contribution in [0.15, 0.2) is 47.8 Å². The quantitative estimate of drug-likeness (QED) is 0.573. The average Bonchev–Trinajstić information content (AvgIpc) is 3.40. The Morgan fingerprint density at radius 2 is 2.27 bits per heavy atom. The van der Waals surface area contributed by atoms with Crippen LogP contribution < -0.4 is 5.32 Å². The molecule has 1 N–H and O–H groups in total. The molecule has 0 aliphatic rings. The van der Waals surface area contributed by atoms with Gasteiger partial charge in [0.05, 0.1) is 5.69 Å². The number of hydrogen-bond donors (Lipinski definition) is 1. The van der Waals surface area contributed by atoms with Gasteiger partial charge in [-0.15, -0.1) is 11.3 Å². The number of aromatic nitrogens is 5. The lowest BCUT2D eigenvalue weighted by atomic mass is 10.2. The van der Waals surface area contributed by atoms with E-state index in [1.165, 1.54) is 17.7 Å². The van der Waals surface area contributed by atoms with Crippen LogP contribution in [0.3, 0.4) is 0 Å². The summed E-state index contributed by atoms with van der Waals surface area (Å²) in [5.41, 5.74) is 2.63. The molecule has 4 aromatic rings. The number of hydrogen-bond acceptors (Lipinski definition) is 7. The summed E-state index contributed by atoms with van der Waals surface area (Å²) < 4.78 is 1.58. The largest absolute Gasteiger partial charge is 0.347 e. The van der Waals surface area contributed by atoms with Crippen LogP contribution >= 0.6 is 22.7 Å². The number of nitrogens with zero attached hydrogens (tertiary/aromatic N) is 5. The number of nitrogens with one attached hydrogen (secondary N) is 1. The lowest BCUT2D eigenvalue weighted by molar-refractivity contribution is 0.0954. The summed E-state index contributed by atoms with van der Waals surface area (Å²) in [6.07, 6.45) is 4.71. The highest BCUT2D eigenvalue weighted by Gasteiger charge is 2.17. The van der Waals surface area contributed by atoms with Crippen molar-refractivity contribution in [2.24, 2.45) is 0 Å². The molecular formula is C17H14N6OS2. The van der Waals surface area contributed by atoms with E-state index in [1.54, 1.807) is 28.5 Å². The number of carbonyl (C=O) groups is 1. The monoisotopic (exact) mass is 382 g/mol. The second-order valence-corrected chi connectivity index (χ2v) is 7.23. The second-order valence-electron chi connectivity index (χ2n) is 5.45. The standard InChI is InChI=1S/C17H14N6OS2/c1-11-14(26-17(22-11)13-4-6-25-8-13)16(24)20-7-12-3-2-5-19-15(12)23-10-18-9-21-23/h2-6,8-10H,7H2,1H3,(H,20,24). The van der Waals surface area contributed by atoms with Gasteiger partial charge >= 0.3 is 0 Å². The highest BCUT2D eigenvalue weighted by Crippen LogP contribution is 2.29. The summed E-state index contributed by atoms with van der Waals surface area (Å²) >= 11 is 3.01. The highest BCUT2D eigenvalue weighted by atomic mass is 32.1. The van der Waals surface area contributed by atoms with Crippen molar-refractivity contribution < 1.29 is 4.79 Å². The van der Waals surface area contributed by atoms with Gasteiger partial charge in [0.25, 0.3) is 5.91 Å². The minimum atomic E-state index is -0.144. The van der Waals surface area contributed by atoms with E-state index >= 15 is 0 Å². The Morgan fingerprint density at radius 3 is 3.04 bits per heavy atom. The maximum Gasteiger partial charge on any atom is 0.263 e. The first-order chi connectivity index (χ1) is 12.7. The first-order valence-electron chi connectivity index (χ1n) is 7.79. The van der Waals surface area contributed by atoms with Crippen molar-refractivity contribution in [3.8, 4) is 16.4 Å². The van der Waals surface area contributed by atoms with Crippen LogP contribution in [0.5, 0.6) is 0 Å². The van der Waals surface area contributed by atoms with E-state index in [1.807, 2.05) is 35.9 Å². The summed E-state index contributed by atoms with van der Waals surface area (Å²) in [5, 5.41) is 11.9. The average molecular weight is 382 g/mol. The zero-order valence-electron chi connectivity index (χ0n) is 13.8. The Labute approximate surface area is 157 Å². The maximum absolute atomic E-state index is 12.6. The number of thiophene rings is 1. The summed E-state index contributed by atoms with van der Waals surface area (Å²) in [7, 11) is 0. The summed E-state index contributed by atoms with van der Waals surface area (Å²) in [6, 6.07) is 5.74. The molecule has 26 heavy (non-hydrogen) atoms. The normalized spacial score (nSPS) is 10.8. The van der Waals surface area contributed by atoms with Crippen molar-refractivity contribution in [1.82, 2.24) is 30.0 Å². The van der Waals surface area contributed by atoms with Gasteiger partial charge in [0.2, 0.25) is 0 Å². The van der Waals surface area contributed by atoms with Gasteiger partial charge < -0.3 is 5.32 Å². The van der Waals surface area contributed by atoms with Crippen molar-refractivity contribution in [3.05, 3.63) is 63.9 Å². The van der Waals surface area contributed by atoms with Gasteiger partial charge in [0, 0.05) is 29.2 Å². The molecule has 4 aromatic heterocycles. The molecule has 4 heterocycles. The first kappa shape index (κ1) is 16.6. The summed E-state index contributed by atoms with van der Waals surface area (Å²) in [4.78, 5) is 26.0. The van der Waals surface area contributed by atoms with E-state index in [-0.39, 0.29) is 5.91 Å². The Kier molecular flexibility index (Phi) is 4.55. The van der Waals surface area contributed by atoms with Crippen LogP contribution in [-0.2, 0) is 6.54 Å². The molecule has 9 heteroatoms. The third kappa shape index (κ3) is 3.26. The minimum absolute atomic E-state index is 0.144. The Balaban J connectivity index is 1.52. The van der Waals surface area contributed by atoms with Gasteiger partial charge in [0.15, 0.2) is 5.82 Å². The molecule has 0 aliphatic carbocycles. The molecule has 0 radical (unpaired) electrons. The number of carbonyl (C=O) groups excluding carboxylic acids is 1. The van der Waals surface area contributed by atoms with Crippen LogP contribution in [0.1, 0.15) is 20.9 Å². The highest BCUT2D eigenvalue weighted by molar-refractivity contribution is 7.17. The lowest BCUT2D eigenvalue weighted by Crippen LogP contribution is -2.23. The van der Waals surface area contributed by atoms with Crippen molar-refractivity contribution in [3.63, 3.8) is 0 Å². The Morgan fingerprint density at radius 1 is 1.35 bits per heavy atom. The number of pyridine rings is 1. The van der Waals surface area contributed by atoms with Crippen LogP contribution in [0, 0.1) is 6.92 Å². The molecule has 0 saturated heterocycles. The molecular weight excluding hydrogens is 368 g/mol. The number of amides is 1. The molecule has 130 valence electrons. The van der Waals surface area contributed by atoms with Crippen LogP contribution in [0.25, 0.3) is 16.4 Å². The molecule has 0 fully saturated rings. The van der Waals surface area contributed by atoms with Crippen LogP contribution in [-0.4, -0.2) is 30.6 Å². The van der Waals surface area contributed by atoms with Crippen molar-refractivity contribution in [2.75, 3.05) is 0 Å². The lowest BCUT2D eigenvalue weighted by Gasteiger charge is -2.08.